The average Bonchev–Trinajstić information content (AvgIpc) is 2.34. The molecule has 4 nitrogen and oxygen atoms in total. The molecule has 0 bridgehead atoms. The summed E-state index contributed by atoms with van der Waals surface area (Å²) in [5.41, 5.74) is 8.12. The number of carbonyl (C=O) groups is 1. The molecule has 0 atom stereocenters. The first kappa shape index (κ1) is 12.4. The Hall–Kier alpha value is -2.07. The number of carbonyl (C=O) groups excluding carboxylic acids is 1. The van der Waals surface area contributed by atoms with E-state index in [1.807, 2.05) is 6.92 Å². The summed E-state index contributed by atoms with van der Waals surface area (Å²) >= 11 is 5.81. The largest absolute Gasteiger partial charge is 0.397 e. The highest BCUT2D eigenvalue weighted by molar-refractivity contribution is 6.33. The smallest absolute Gasteiger partial charge is 0.257 e. The number of anilines is 2. The van der Waals surface area contributed by atoms with Crippen molar-refractivity contribution in [2.45, 2.75) is 6.92 Å². The summed E-state index contributed by atoms with van der Waals surface area (Å²) in [6, 6.07) is 6.71. The minimum Gasteiger partial charge on any atom is -0.397 e. The topological polar surface area (TPSA) is 68.0 Å². The predicted molar refractivity (Wildman–Crippen MR) is 72.8 cm³/mol. The highest BCUT2D eigenvalue weighted by Gasteiger charge is 2.07. The molecule has 1 aromatic carbocycles. The number of hydrogen-bond acceptors (Lipinski definition) is 3. The zero-order valence-corrected chi connectivity index (χ0v) is 10.5. The Morgan fingerprint density at radius 1 is 1.33 bits per heavy atom. The van der Waals surface area contributed by atoms with Crippen LogP contribution in [0.4, 0.5) is 11.4 Å². The van der Waals surface area contributed by atoms with E-state index in [0.717, 1.165) is 5.56 Å². The molecule has 1 amide bonds. The standard InChI is InChI=1S/C13H12ClN3O/c1-8-4-9(7-16-6-8)13(18)17-10-2-3-11(14)12(15)5-10/h2-7H,15H2,1H3,(H,17,18). The molecule has 0 fully saturated rings. The van der Waals surface area contributed by atoms with Crippen LogP contribution >= 0.6 is 11.6 Å². The number of aromatic nitrogens is 1. The SMILES string of the molecule is Cc1cncc(C(=O)Nc2ccc(Cl)c(N)c2)c1. The van der Waals surface area contributed by atoms with Crippen molar-refractivity contribution in [1.82, 2.24) is 4.98 Å². The van der Waals surface area contributed by atoms with Crippen LogP contribution in [-0.2, 0) is 0 Å². The van der Waals surface area contributed by atoms with Gasteiger partial charge in [0.25, 0.3) is 5.91 Å². The second-order valence-electron chi connectivity index (χ2n) is 3.94. The number of pyridine rings is 1. The first-order chi connectivity index (χ1) is 8.56. The first-order valence-corrected chi connectivity index (χ1v) is 5.72. The molecule has 92 valence electrons. The molecule has 0 aliphatic rings. The van der Waals surface area contributed by atoms with Crippen LogP contribution in [0.25, 0.3) is 0 Å². The molecule has 2 aromatic rings. The lowest BCUT2D eigenvalue weighted by Crippen LogP contribution is -2.12. The number of nitrogens with two attached hydrogens (primary N) is 1. The summed E-state index contributed by atoms with van der Waals surface area (Å²) in [5.74, 6) is -0.229. The number of nitrogens with one attached hydrogen (secondary N) is 1. The van der Waals surface area contributed by atoms with Gasteiger partial charge in [0.2, 0.25) is 0 Å². The average molecular weight is 262 g/mol. The van der Waals surface area contributed by atoms with E-state index in [2.05, 4.69) is 10.3 Å². The molecule has 0 spiro atoms. The van der Waals surface area contributed by atoms with E-state index in [1.54, 1.807) is 30.5 Å². The fourth-order valence-corrected chi connectivity index (χ4v) is 1.62. The number of benzene rings is 1. The fourth-order valence-electron chi connectivity index (χ4n) is 1.50. The molecule has 0 saturated heterocycles. The lowest BCUT2D eigenvalue weighted by atomic mass is 10.2. The zero-order valence-electron chi connectivity index (χ0n) is 9.77. The number of rotatable bonds is 2. The van der Waals surface area contributed by atoms with Gasteiger partial charge in [-0.25, -0.2) is 0 Å². The molecule has 3 N–H and O–H groups in total. The van der Waals surface area contributed by atoms with Gasteiger partial charge in [0.05, 0.1) is 16.3 Å². The molecule has 5 heteroatoms. The van der Waals surface area contributed by atoms with E-state index in [9.17, 15) is 4.79 Å². The summed E-state index contributed by atoms with van der Waals surface area (Å²) in [6.07, 6.45) is 3.21. The van der Waals surface area contributed by atoms with Gasteiger partial charge in [0, 0.05) is 18.1 Å². The van der Waals surface area contributed by atoms with Crippen LogP contribution in [0, 0.1) is 6.92 Å². The Morgan fingerprint density at radius 2 is 2.11 bits per heavy atom. The number of aryl methyl sites for hydroxylation is 1. The Morgan fingerprint density at radius 3 is 2.78 bits per heavy atom. The summed E-state index contributed by atoms with van der Waals surface area (Å²) in [7, 11) is 0. The number of hydrogen-bond donors (Lipinski definition) is 2. The van der Waals surface area contributed by atoms with Crippen LogP contribution in [-0.4, -0.2) is 10.9 Å². The second kappa shape index (κ2) is 5.06. The molecule has 2 rings (SSSR count). The molecule has 0 aliphatic carbocycles. The summed E-state index contributed by atoms with van der Waals surface area (Å²) in [6.45, 7) is 1.88. The number of nitrogens with zero attached hydrogens (tertiary/aromatic N) is 1. The number of nitrogen functional groups attached to an aromatic ring is 1. The van der Waals surface area contributed by atoms with Crippen molar-refractivity contribution < 1.29 is 4.79 Å². The molecule has 1 aromatic heterocycles. The quantitative estimate of drug-likeness (QED) is 0.817. The third-order valence-electron chi connectivity index (χ3n) is 2.39. The van der Waals surface area contributed by atoms with Gasteiger partial charge in [-0.2, -0.15) is 0 Å². The van der Waals surface area contributed by atoms with Crippen molar-refractivity contribution in [2.24, 2.45) is 0 Å². The van der Waals surface area contributed by atoms with Crippen LogP contribution in [0.5, 0.6) is 0 Å². The third-order valence-corrected chi connectivity index (χ3v) is 2.74. The van der Waals surface area contributed by atoms with Gasteiger partial charge in [0.15, 0.2) is 0 Å². The summed E-state index contributed by atoms with van der Waals surface area (Å²) < 4.78 is 0. The van der Waals surface area contributed by atoms with Gasteiger partial charge in [-0.3, -0.25) is 9.78 Å². The van der Waals surface area contributed by atoms with Crippen molar-refractivity contribution in [3.8, 4) is 0 Å². The van der Waals surface area contributed by atoms with Crippen LogP contribution in [0.1, 0.15) is 15.9 Å². The maximum absolute atomic E-state index is 11.9. The van der Waals surface area contributed by atoms with E-state index in [1.165, 1.54) is 6.20 Å². The fraction of sp³-hybridized carbons (Fsp3) is 0.0769. The van der Waals surface area contributed by atoms with Crippen LogP contribution in [0.3, 0.4) is 0 Å². The molecular formula is C13H12ClN3O. The van der Waals surface area contributed by atoms with Gasteiger partial charge < -0.3 is 11.1 Å². The maximum Gasteiger partial charge on any atom is 0.257 e. The van der Waals surface area contributed by atoms with Gasteiger partial charge >= 0.3 is 0 Å². The van der Waals surface area contributed by atoms with Crippen molar-refractivity contribution in [3.05, 3.63) is 52.8 Å². The molecular weight excluding hydrogens is 250 g/mol. The predicted octanol–water partition coefficient (Wildman–Crippen LogP) is 2.88. The first-order valence-electron chi connectivity index (χ1n) is 5.34. The third kappa shape index (κ3) is 2.78. The highest BCUT2D eigenvalue weighted by atomic mass is 35.5. The molecule has 0 saturated carbocycles. The van der Waals surface area contributed by atoms with Gasteiger partial charge in [-0.05, 0) is 36.8 Å². The molecule has 0 radical (unpaired) electrons. The molecule has 0 aliphatic heterocycles. The summed E-state index contributed by atoms with van der Waals surface area (Å²) in [5, 5.41) is 3.20. The number of amides is 1. The van der Waals surface area contributed by atoms with E-state index in [0.29, 0.717) is 22.0 Å². The van der Waals surface area contributed by atoms with Crippen molar-refractivity contribution >= 4 is 28.9 Å². The molecule has 0 unspecified atom stereocenters. The van der Waals surface area contributed by atoms with Gasteiger partial charge in [-0.15, -0.1) is 0 Å². The lowest BCUT2D eigenvalue weighted by Gasteiger charge is -2.07. The van der Waals surface area contributed by atoms with Gasteiger partial charge in [0.1, 0.15) is 0 Å². The minimum absolute atomic E-state index is 0.229. The van der Waals surface area contributed by atoms with Crippen molar-refractivity contribution in [3.63, 3.8) is 0 Å². The zero-order chi connectivity index (χ0) is 13.1. The lowest BCUT2D eigenvalue weighted by molar-refractivity contribution is 0.102. The monoisotopic (exact) mass is 261 g/mol. The molecule has 1 heterocycles. The highest BCUT2D eigenvalue weighted by Crippen LogP contribution is 2.22. The van der Waals surface area contributed by atoms with Crippen LogP contribution < -0.4 is 11.1 Å². The Bertz CT molecular complexity index is 599. The summed E-state index contributed by atoms with van der Waals surface area (Å²) in [4.78, 5) is 15.9. The van der Waals surface area contributed by atoms with Crippen LogP contribution in [0.15, 0.2) is 36.7 Å². The Balaban J connectivity index is 2.18. The van der Waals surface area contributed by atoms with Crippen molar-refractivity contribution in [1.29, 1.82) is 0 Å². The van der Waals surface area contributed by atoms with Gasteiger partial charge in [-0.1, -0.05) is 11.6 Å². The van der Waals surface area contributed by atoms with Crippen LogP contribution in [0.2, 0.25) is 5.02 Å². The van der Waals surface area contributed by atoms with E-state index in [-0.39, 0.29) is 5.91 Å². The maximum atomic E-state index is 11.9. The van der Waals surface area contributed by atoms with E-state index in [4.69, 9.17) is 17.3 Å². The van der Waals surface area contributed by atoms with Crippen molar-refractivity contribution in [2.75, 3.05) is 11.1 Å². The Kier molecular flexibility index (Phi) is 3.48. The normalized spacial score (nSPS) is 10.1. The molecule has 18 heavy (non-hydrogen) atoms. The second-order valence-corrected chi connectivity index (χ2v) is 4.35. The minimum atomic E-state index is -0.229. The van der Waals surface area contributed by atoms with E-state index < -0.39 is 0 Å². The van der Waals surface area contributed by atoms with E-state index >= 15 is 0 Å². The number of halogens is 1. The Labute approximate surface area is 110 Å².